The molecule has 0 N–H and O–H groups in total. The molecule has 0 aliphatic carbocycles. The van der Waals surface area contributed by atoms with Crippen LogP contribution in [-0.4, -0.2) is 29.2 Å². The fourth-order valence-electron chi connectivity index (χ4n) is 5.22. The molecular formula is C34H27N3O7S. The summed E-state index contributed by atoms with van der Waals surface area (Å²) in [6, 6.07) is 23.9. The van der Waals surface area contributed by atoms with Crippen LogP contribution in [0.5, 0.6) is 5.75 Å². The number of nitrogens with zero attached hydrogens (tertiary/aromatic N) is 3. The van der Waals surface area contributed by atoms with Crippen molar-refractivity contribution in [2.75, 3.05) is 13.7 Å². The summed E-state index contributed by atoms with van der Waals surface area (Å²) >= 11 is 1.17. The molecule has 11 heteroatoms. The normalized spacial score (nSPS) is 14.6. The number of methoxy groups -OCH3 is 1. The van der Waals surface area contributed by atoms with E-state index in [0.717, 1.165) is 0 Å². The van der Waals surface area contributed by atoms with Crippen molar-refractivity contribution in [3.63, 3.8) is 0 Å². The van der Waals surface area contributed by atoms with E-state index in [2.05, 4.69) is 0 Å². The number of fused-ring (bicyclic) bond motifs is 1. The lowest BCUT2D eigenvalue weighted by Gasteiger charge is -2.26. The van der Waals surface area contributed by atoms with Crippen molar-refractivity contribution in [2.24, 2.45) is 4.99 Å². The maximum Gasteiger partial charge on any atom is 0.338 e. The number of carbonyl (C=O) groups is 1. The molecule has 1 atom stereocenters. The van der Waals surface area contributed by atoms with Crippen molar-refractivity contribution in [1.82, 2.24) is 4.57 Å². The topological polar surface area (TPSA) is 126 Å². The lowest BCUT2D eigenvalue weighted by atomic mass is 9.93. The lowest BCUT2D eigenvalue weighted by molar-refractivity contribution is -0.385. The molecule has 3 aromatic carbocycles. The number of furan rings is 1. The molecule has 226 valence electrons. The second-order valence-electron chi connectivity index (χ2n) is 10.2. The highest BCUT2D eigenvalue weighted by Crippen LogP contribution is 2.36. The van der Waals surface area contributed by atoms with Gasteiger partial charge in [0.05, 0.1) is 40.5 Å². The molecule has 0 amide bonds. The molecule has 0 saturated heterocycles. The number of ether oxygens (including phenoxy) is 2. The second kappa shape index (κ2) is 12.2. The van der Waals surface area contributed by atoms with Gasteiger partial charge in [0.15, 0.2) is 4.80 Å². The number of aromatic nitrogens is 1. The standard InChI is InChI=1S/C34H27N3O7S/c1-4-43-33(39)29-30(21-8-6-5-7-9-21)35-34-36(31(29)22-12-14-24(42-3)15-13-22)32(38)28(45-34)19-25-16-17-27(44-25)23-11-10-20(2)26(18-23)37(40)41/h5-19,31H,4H2,1-3H3/b28-19-. The lowest BCUT2D eigenvalue weighted by Crippen LogP contribution is -2.40. The van der Waals surface area contributed by atoms with Gasteiger partial charge in [-0.3, -0.25) is 19.5 Å². The summed E-state index contributed by atoms with van der Waals surface area (Å²) in [6.45, 7) is 3.55. The van der Waals surface area contributed by atoms with E-state index in [-0.39, 0.29) is 23.4 Å². The maximum absolute atomic E-state index is 14.1. The summed E-state index contributed by atoms with van der Waals surface area (Å²) in [4.78, 5) is 43.9. The highest BCUT2D eigenvalue weighted by atomic mass is 32.1. The minimum Gasteiger partial charge on any atom is -0.497 e. The van der Waals surface area contributed by atoms with Crippen LogP contribution in [0.15, 0.2) is 105 Å². The second-order valence-corrected chi connectivity index (χ2v) is 11.2. The Bertz CT molecular complexity index is 2140. The zero-order valence-electron chi connectivity index (χ0n) is 24.6. The van der Waals surface area contributed by atoms with Gasteiger partial charge in [-0.1, -0.05) is 65.9 Å². The van der Waals surface area contributed by atoms with Crippen LogP contribution >= 0.6 is 11.3 Å². The van der Waals surface area contributed by atoms with Crippen molar-refractivity contribution in [3.05, 3.63) is 143 Å². The smallest absolute Gasteiger partial charge is 0.338 e. The van der Waals surface area contributed by atoms with Crippen LogP contribution in [0.3, 0.4) is 0 Å². The van der Waals surface area contributed by atoms with Gasteiger partial charge in [-0.05, 0) is 43.7 Å². The predicted molar refractivity (Wildman–Crippen MR) is 170 cm³/mol. The van der Waals surface area contributed by atoms with E-state index in [1.54, 1.807) is 63.4 Å². The molecule has 0 fully saturated rings. The van der Waals surface area contributed by atoms with Gasteiger partial charge in [0.1, 0.15) is 17.3 Å². The summed E-state index contributed by atoms with van der Waals surface area (Å²) in [5.41, 5.74) is 2.76. The van der Waals surface area contributed by atoms with E-state index in [9.17, 15) is 19.7 Å². The highest BCUT2D eigenvalue weighted by molar-refractivity contribution is 7.07. The number of hydrogen-bond acceptors (Lipinski definition) is 9. The Morgan fingerprint density at radius 3 is 2.51 bits per heavy atom. The molecule has 0 saturated carbocycles. The van der Waals surface area contributed by atoms with Gasteiger partial charge in [0.25, 0.3) is 11.2 Å². The number of carbonyl (C=O) groups excluding carboxylic acids is 1. The number of esters is 1. The molecule has 5 aromatic rings. The predicted octanol–water partition coefficient (Wildman–Crippen LogP) is 5.42. The van der Waals surface area contributed by atoms with Crippen LogP contribution in [0.25, 0.3) is 23.1 Å². The van der Waals surface area contributed by atoms with Crippen LogP contribution in [0.4, 0.5) is 5.69 Å². The largest absolute Gasteiger partial charge is 0.497 e. The SMILES string of the molecule is CCOC(=O)C1=C(c2ccccc2)N=c2s/c(=C\c3ccc(-c4ccc(C)c([N+](=O)[O-])c4)o3)c(=O)n2C1c1ccc(OC)cc1. The molecule has 2 aromatic heterocycles. The van der Waals surface area contributed by atoms with Crippen LogP contribution in [0.1, 0.15) is 35.4 Å². The molecule has 0 radical (unpaired) electrons. The van der Waals surface area contributed by atoms with E-state index in [0.29, 0.717) is 54.6 Å². The average molecular weight is 622 g/mol. The van der Waals surface area contributed by atoms with Crippen molar-refractivity contribution >= 4 is 34.8 Å². The molecule has 0 spiro atoms. The fourth-order valence-corrected chi connectivity index (χ4v) is 6.20. The zero-order valence-corrected chi connectivity index (χ0v) is 25.4. The summed E-state index contributed by atoms with van der Waals surface area (Å²) in [7, 11) is 1.57. The molecule has 0 bridgehead atoms. The van der Waals surface area contributed by atoms with Crippen molar-refractivity contribution in [1.29, 1.82) is 0 Å². The first-order chi connectivity index (χ1) is 21.8. The van der Waals surface area contributed by atoms with E-state index >= 15 is 0 Å². The Hall–Kier alpha value is -5.55. The van der Waals surface area contributed by atoms with Crippen molar-refractivity contribution in [3.8, 4) is 17.1 Å². The van der Waals surface area contributed by atoms with E-state index in [1.165, 1.54) is 22.0 Å². The Balaban J connectivity index is 1.53. The monoisotopic (exact) mass is 621 g/mol. The van der Waals surface area contributed by atoms with Gasteiger partial charge in [-0.2, -0.15) is 0 Å². The van der Waals surface area contributed by atoms with Crippen LogP contribution in [0.2, 0.25) is 0 Å². The van der Waals surface area contributed by atoms with Crippen LogP contribution in [0, 0.1) is 17.0 Å². The molecule has 1 unspecified atom stereocenters. The van der Waals surface area contributed by atoms with Gasteiger partial charge in [0.2, 0.25) is 0 Å². The van der Waals surface area contributed by atoms with Gasteiger partial charge < -0.3 is 13.9 Å². The third-order valence-corrected chi connectivity index (χ3v) is 8.38. The van der Waals surface area contributed by atoms with Crippen molar-refractivity contribution < 1.29 is 23.6 Å². The summed E-state index contributed by atoms with van der Waals surface area (Å²) in [6.07, 6.45) is 1.61. The number of nitro benzene ring substituents is 1. The maximum atomic E-state index is 14.1. The fraction of sp³-hybridized carbons (Fsp3) is 0.147. The third kappa shape index (κ3) is 5.61. The Morgan fingerprint density at radius 2 is 1.82 bits per heavy atom. The molecule has 3 heterocycles. The van der Waals surface area contributed by atoms with E-state index < -0.39 is 16.9 Å². The number of aryl methyl sites for hydroxylation is 1. The molecule has 6 rings (SSSR count). The van der Waals surface area contributed by atoms with Gasteiger partial charge in [-0.25, -0.2) is 9.79 Å². The van der Waals surface area contributed by atoms with Gasteiger partial charge in [0, 0.05) is 28.8 Å². The molecule has 45 heavy (non-hydrogen) atoms. The molecule has 10 nitrogen and oxygen atoms in total. The van der Waals surface area contributed by atoms with Crippen LogP contribution in [-0.2, 0) is 9.53 Å². The third-order valence-electron chi connectivity index (χ3n) is 7.40. The Morgan fingerprint density at radius 1 is 1.07 bits per heavy atom. The number of benzene rings is 3. The van der Waals surface area contributed by atoms with Gasteiger partial charge in [-0.15, -0.1) is 0 Å². The quantitative estimate of drug-likeness (QED) is 0.129. The first-order valence-electron chi connectivity index (χ1n) is 14.1. The minimum atomic E-state index is -0.830. The first-order valence-corrected chi connectivity index (χ1v) is 14.9. The van der Waals surface area contributed by atoms with Gasteiger partial charge >= 0.3 is 5.97 Å². The average Bonchev–Trinajstić information content (AvgIpc) is 3.65. The number of thiazole rings is 1. The van der Waals surface area contributed by atoms with Crippen molar-refractivity contribution in [2.45, 2.75) is 19.9 Å². The summed E-state index contributed by atoms with van der Waals surface area (Å²) in [5.74, 6) is 0.860. The summed E-state index contributed by atoms with van der Waals surface area (Å²) < 4.78 is 18.7. The van der Waals surface area contributed by atoms with E-state index in [1.807, 2.05) is 42.5 Å². The summed E-state index contributed by atoms with van der Waals surface area (Å²) in [5, 5.41) is 11.4. The minimum absolute atomic E-state index is 0.0103. The Labute approximate surface area is 261 Å². The molecular weight excluding hydrogens is 594 g/mol. The number of rotatable bonds is 8. The van der Waals surface area contributed by atoms with Crippen LogP contribution < -0.4 is 19.6 Å². The number of nitro groups is 1. The highest BCUT2D eigenvalue weighted by Gasteiger charge is 2.35. The molecule has 1 aliphatic heterocycles. The molecule has 1 aliphatic rings. The number of hydrogen-bond donors (Lipinski definition) is 0. The van der Waals surface area contributed by atoms with E-state index in [4.69, 9.17) is 18.9 Å². The first kappa shape index (κ1) is 29.5. The Kier molecular flexibility index (Phi) is 8.01. The zero-order chi connectivity index (χ0) is 31.7.